The molecule has 0 saturated heterocycles. The van der Waals surface area contributed by atoms with Crippen molar-refractivity contribution < 1.29 is 0 Å². The average molecular weight is 688 g/mol. The fourth-order valence-electron chi connectivity index (χ4n) is 7.62. The molecule has 0 unspecified atom stereocenters. The molecule has 3 nitrogen and oxygen atoms in total. The third-order valence-corrected chi connectivity index (χ3v) is 10.4. The van der Waals surface area contributed by atoms with Crippen LogP contribution >= 0.6 is 0 Å². The largest absolute Gasteiger partial charge is 0.263 e. The first-order valence-electron chi connectivity index (χ1n) is 18.2. The summed E-state index contributed by atoms with van der Waals surface area (Å²) in [5.74, 6) is 0.684. The van der Waals surface area contributed by atoms with Crippen LogP contribution in [0.15, 0.2) is 200 Å². The van der Waals surface area contributed by atoms with Crippen LogP contribution in [0.1, 0.15) is 0 Å². The second-order valence-corrected chi connectivity index (χ2v) is 13.7. The predicted molar refractivity (Wildman–Crippen MR) is 225 cm³/mol. The van der Waals surface area contributed by atoms with Gasteiger partial charge in [-0.25, -0.2) is 9.97 Å². The topological polar surface area (TPSA) is 38.7 Å². The number of aromatic nitrogens is 3. The Hall–Kier alpha value is -7.23. The Morgan fingerprint density at radius 1 is 0.278 bits per heavy atom. The Balaban J connectivity index is 1.10. The molecule has 0 spiro atoms. The maximum absolute atomic E-state index is 5.24. The van der Waals surface area contributed by atoms with E-state index < -0.39 is 0 Å². The monoisotopic (exact) mass is 687 g/mol. The Kier molecular flexibility index (Phi) is 7.81. The van der Waals surface area contributed by atoms with E-state index in [-0.39, 0.29) is 0 Å². The van der Waals surface area contributed by atoms with E-state index in [1.807, 2.05) is 18.5 Å². The number of pyridine rings is 1. The van der Waals surface area contributed by atoms with Crippen LogP contribution in [0.25, 0.3) is 99.6 Å². The number of benzene rings is 8. The summed E-state index contributed by atoms with van der Waals surface area (Å²) in [4.78, 5) is 15.0. The van der Waals surface area contributed by atoms with Gasteiger partial charge < -0.3 is 0 Å². The van der Waals surface area contributed by atoms with E-state index in [9.17, 15) is 0 Å². The molecule has 0 bridgehead atoms. The van der Waals surface area contributed by atoms with Crippen LogP contribution in [-0.2, 0) is 0 Å². The van der Waals surface area contributed by atoms with Crippen molar-refractivity contribution in [2.24, 2.45) is 0 Å². The molecular weight excluding hydrogens is 655 g/mol. The highest BCUT2D eigenvalue weighted by Crippen LogP contribution is 2.37. The number of hydrogen-bond acceptors (Lipinski definition) is 3. The minimum absolute atomic E-state index is 0.684. The fraction of sp³-hybridized carbons (Fsp3) is 0. The molecule has 0 saturated carbocycles. The normalized spacial score (nSPS) is 11.3. The third kappa shape index (κ3) is 5.78. The highest BCUT2D eigenvalue weighted by atomic mass is 14.9. The zero-order valence-corrected chi connectivity index (χ0v) is 29.4. The summed E-state index contributed by atoms with van der Waals surface area (Å²) in [5.41, 5.74) is 11.7. The van der Waals surface area contributed by atoms with Crippen LogP contribution in [0.5, 0.6) is 0 Å². The van der Waals surface area contributed by atoms with Crippen LogP contribution in [0.4, 0.5) is 0 Å². The first kappa shape index (κ1) is 31.5. The summed E-state index contributed by atoms with van der Waals surface area (Å²) < 4.78 is 0. The van der Waals surface area contributed by atoms with Gasteiger partial charge in [0.2, 0.25) is 0 Å². The standard InChI is InChI=1S/C51H33N3/c1-2-11-34(12-3-1)35-21-25-37(26-22-35)49-31-50(38-27-23-36(24-28-38)48-33-52-32-42-14-5-7-18-44(42)48)54-51(53-49)41-16-10-15-39(29-41)47-30-40-13-4-6-17-43(40)45-19-8-9-20-46(45)47/h1-33H. The molecule has 2 heterocycles. The van der Waals surface area contributed by atoms with E-state index in [4.69, 9.17) is 9.97 Å². The van der Waals surface area contributed by atoms with Crippen molar-refractivity contribution in [3.8, 4) is 67.3 Å². The van der Waals surface area contributed by atoms with Crippen molar-refractivity contribution >= 4 is 32.3 Å². The Morgan fingerprint density at radius 3 is 1.56 bits per heavy atom. The Bertz CT molecular complexity index is 2960. The smallest absolute Gasteiger partial charge is 0.160 e. The fourth-order valence-corrected chi connectivity index (χ4v) is 7.62. The van der Waals surface area contributed by atoms with E-state index in [1.54, 1.807) is 0 Å². The van der Waals surface area contributed by atoms with Gasteiger partial charge in [-0.2, -0.15) is 0 Å². The van der Waals surface area contributed by atoms with Crippen LogP contribution in [-0.4, -0.2) is 15.0 Å². The van der Waals surface area contributed by atoms with Crippen molar-refractivity contribution in [1.82, 2.24) is 15.0 Å². The summed E-state index contributed by atoms with van der Waals surface area (Å²) in [6.45, 7) is 0. The first-order chi connectivity index (χ1) is 26.7. The second-order valence-electron chi connectivity index (χ2n) is 13.7. The van der Waals surface area contributed by atoms with E-state index in [0.717, 1.165) is 50.2 Å². The Labute approximate surface area is 313 Å². The highest BCUT2D eigenvalue weighted by Gasteiger charge is 2.15. The van der Waals surface area contributed by atoms with Gasteiger partial charge in [0.05, 0.1) is 11.4 Å². The van der Waals surface area contributed by atoms with Gasteiger partial charge in [-0.15, -0.1) is 0 Å². The lowest BCUT2D eigenvalue weighted by molar-refractivity contribution is 1.18. The van der Waals surface area contributed by atoms with Crippen molar-refractivity contribution in [2.45, 2.75) is 0 Å². The summed E-state index contributed by atoms with van der Waals surface area (Å²) in [6.07, 6.45) is 3.87. The molecule has 0 fully saturated rings. The molecule has 0 radical (unpaired) electrons. The summed E-state index contributed by atoms with van der Waals surface area (Å²) >= 11 is 0. The number of hydrogen-bond donors (Lipinski definition) is 0. The minimum atomic E-state index is 0.684. The van der Waals surface area contributed by atoms with Crippen molar-refractivity contribution in [3.05, 3.63) is 200 Å². The number of rotatable bonds is 6. The van der Waals surface area contributed by atoms with Crippen LogP contribution in [0.2, 0.25) is 0 Å². The summed E-state index contributed by atoms with van der Waals surface area (Å²) in [5, 5.41) is 7.27. The predicted octanol–water partition coefficient (Wildman–Crippen LogP) is 13.3. The van der Waals surface area contributed by atoms with Crippen molar-refractivity contribution in [2.75, 3.05) is 0 Å². The van der Waals surface area contributed by atoms with Crippen molar-refractivity contribution in [1.29, 1.82) is 0 Å². The summed E-state index contributed by atoms with van der Waals surface area (Å²) in [7, 11) is 0. The van der Waals surface area contributed by atoms with Gasteiger partial charge in [0.25, 0.3) is 0 Å². The molecule has 0 N–H and O–H groups in total. The van der Waals surface area contributed by atoms with E-state index in [0.29, 0.717) is 5.82 Å². The van der Waals surface area contributed by atoms with Crippen LogP contribution < -0.4 is 0 Å². The lowest BCUT2D eigenvalue weighted by Gasteiger charge is -2.13. The number of nitrogens with zero attached hydrogens (tertiary/aromatic N) is 3. The molecule has 10 aromatic rings. The molecule has 0 atom stereocenters. The molecule has 54 heavy (non-hydrogen) atoms. The molecule has 3 heteroatoms. The first-order valence-corrected chi connectivity index (χ1v) is 18.2. The molecule has 0 aliphatic rings. The van der Waals surface area contributed by atoms with Gasteiger partial charge in [-0.1, -0.05) is 170 Å². The van der Waals surface area contributed by atoms with Crippen LogP contribution in [0.3, 0.4) is 0 Å². The van der Waals surface area contributed by atoms with Gasteiger partial charge in [0.1, 0.15) is 0 Å². The molecule has 8 aromatic carbocycles. The van der Waals surface area contributed by atoms with E-state index in [2.05, 4.69) is 187 Å². The molecule has 0 aliphatic heterocycles. The van der Waals surface area contributed by atoms with Crippen molar-refractivity contribution in [3.63, 3.8) is 0 Å². The lowest BCUT2D eigenvalue weighted by Crippen LogP contribution is -1.96. The lowest BCUT2D eigenvalue weighted by atomic mass is 9.92. The zero-order valence-electron chi connectivity index (χ0n) is 29.4. The van der Waals surface area contributed by atoms with E-state index >= 15 is 0 Å². The van der Waals surface area contributed by atoms with E-state index in [1.165, 1.54) is 43.6 Å². The van der Waals surface area contributed by atoms with Gasteiger partial charge in [-0.05, 0) is 72.9 Å². The van der Waals surface area contributed by atoms with Gasteiger partial charge >= 0.3 is 0 Å². The maximum Gasteiger partial charge on any atom is 0.160 e. The molecule has 252 valence electrons. The molecule has 10 rings (SSSR count). The molecule has 0 aliphatic carbocycles. The molecule has 0 amide bonds. The van der Waals surface area contributed by atoms with Gasteiger partial charge in [0.15, 0.2) is 5.82 Å². The summed E-state index contributed by atoms with van der Waals surface area (Å²) in [6, 6.07) is 66.5. The quantitative estimate of drug-likeness (QED) is 0.163. The van der Waals surface area contributed by atoms with Gasteiger partial charge in [-0.3, -0.25) is 4.98 Å². The zero-order chi connectivity index (χ0) is 35.8. The molecular formula is C51H33N3. The number of fused-ring (bicyclic) bond motifs is 4. The highest BCUT2D eigenvalue weighted by molar-refractivity contribution is 6.13. The average Bonchev–Trinajstić information content (AvgIpc) is 3.26. The maximum atomic E-state index is 5.24. The Morgan fingerprint density at radius 2 is 0.815 bits per heavy atom. The SMILES string of the molecule is c1ccc(-c2ccc(-c3cc(-c4ccc(-c5cncc6ccccc56)cc4)nc(-c4cccc(-c5cc6ccccc6c6ccccc56)c4)n3)cc2)cc1. The second kappa shape index (κ2) is 13.4. The molecule has 2 aromatic heterocycles. The minimum Gasteiger partial charge on any atom is -0.263 e. The third-order valence-electron chi connectivity index (χ3n) is 10.4. The van der Waals surface area contributed by atoms with Gasteiger partial charge in [0, 0.05) is 40.0 Å². The van der Waals surface area contributed by atoms with Crippen LogP contribution in [0, 0.1) is 0 Å².